The van der Waals surface area contributed by atoms with Crippen molar-refractivity contribution in [2.45, 2.75) is 30.2 Å². The van der Waals surface area contributed by atoms with E-state index in [0.29, 0.717) is 0 Å². The smallest absolute Gasteiger partial charge is 0.321 e. The molecule has 0 radical (unpaired) electrons. The Morgan fingerprint density at radius 2 is 1.93 bits per heavy atom. The molecule has 0 saturated carbocycles. The zero-order valence-corrected chi connectivity index (χ0v) is 16.4. The first-order valence-electron chi connectivity index (χ1n) is 9.13. The Bertz CT molecular complexity index is 1010. The number of aryl methyl sites for hydroxylation is 1. The predicted octanol–water partition coefficient (Wildman–Crippen LogP) is 1.84. The molecule has 29 heavy (non-hydrogen) atoms. The number of ether oxygens (including phenoxy) is 1. The lowest BCUT2D eigenvalue weighted by Gasteiger charge is -2.26. The minimum Gasteiger partial charge on any atom is -0.455 e. The van der Waals surface area contributed by atoms with Crippen LogP contribution in [0.2, 0.25) is 0 Å². The molecule has 3 rings (SSSR count). The molecule has 0 heterocycles. The van der Waals surface area contributed by atoms with Gasteiger partial charge < -0.3 is 10.1 Å². The second-order valence-corrected chi connectivity index (χ2v) is 8.42. The molecule has 1 aliphatic rings. The SMILES string of the molecule is O=C(COC(=O)CNS(=O)(=O)c1cccc(F)c1)N[C@H]1CCCc2ccccc21. The molecule has 7 nitrogen and oxygen atoms in total. The summed E-state index contributed by atoms with van der Waals surface area (Å²) in [4.78, 5) is 23.6. The maximum absolute atomic E-state index is 13.2. The lowest BCUT2D eigenvalue weighted by Crippen LogP contribution is -2.36. The lowest BCUT2D eigenvalue weighted by atomic mass is 9.88. The molecular weight excluding hydrogens is 399 g/mol. The fourth-order valence-electron chi connectivity index (χ4n) is 3.21. The van der Waals surface area contributed by atoms with Crippen molar-refractivity contribution >= 4 is 21.9 Å². The highest BCUT2D eigenvalue weighted by Crippen LogP contribution is 2.29. The number of halogens is 1. The number of rotatable bonds is 7. The van der Waals surface area contributed by atoms with Gasteiger partial charge in [-0.3, -0.25) is 9.59 Å². The first kappa shape index (κ1) is 20.9. The number of esters is 1. The van der Waals surface area contributed by atoms with Crippen molar-refractivity contribution in [3.05, 3.63) is 65.5 Å². The molecule has 2 N–H and O–H groups in total. The van der Waals surface area contributed by atoms with Crippen LogP contribution in [0.1, 0.15) is 30.0 Å². The molecule has 0 saturated heterocycles. The van der Waals surface area contributed by atoms with Crippen molar-refractivity contribution < 1.29 is 27.1 Å². The molecule has 0 aliphatic heterocycles. The largest absolute Gasteiger partial charge is 0.455 e. The van der Waals surface area contributed by atoms with Gasteiger partial charge in [0.25, 0.3) is 5.91 Å². The van der Waals surface area contributed by atoms with Crippen molar-refractivity contribution in [3.8, 4) is 0 Å². The molecule has 1 atom stereocenters. The minimum absolute atomic E-state index is 0.141. The van der Waals surface area contributed by atoms with E-state index >= 15 is 0 Å². The number of fused-ring (bicyclic) bond motifs is 1. The number of carbonyl (C=O) groups is 2. The maximum Gasteiger partial charge on any atom is 0.321 e. The van der Waals surface area contributed by atoms with Gasteiger partial charge in [-0.1, -0.05) is 30.3 Å². The van der Waals surface area contributed by atoms with Crippen molar-refractivity contribution in [2.24, 2.45) is 0 Å². The van der Waals surface area contributed by atoms with Gasteiger partial charge in [0.15, 0.2) is 6.61 Å². The normalized spacial score (nSPS) is 16.0. The van der Waals surface area contributed by atoms with Gasteiger partial charge in [0.05, 0.1) is 10.9 Å². The van der Waals surface area contributed by atoms with E-state index in [9.17, 15) is 22.4 Å². The molecule has 9 heteroatoms. The zero-order chi connectivity index (χ0) is 20.9. The number of benzene rings is 2. The van der Waals surface area contributed by atoms with Crippen LogP contribution in [-0.2, 0) is 30.8 Å². The molecular formula is C20H21FN2O5S. The summed E-state index contributed by atoms with van der Waals surface area (Å²) in [5, 5.41) is 2.84. The second kappa shape index (κ2) is 9.15. The van der Waals surface area contributed by atoms with Crippen LogP contribution in [0.4, 0.5) is 4.39 Å². The maximum atomic E-state index is 13.2. The van der Waals surface area contributed by atoms with Gasteiger partial charge in [-0.05, 0) is 48.6 Å². The van der Waals surface area contributed by atoms with E-state index in [0.717, 1.165) is 37.0 Å². The summed E-state index contributed by atoms with van der Waals surface area (Å²) < 4.78 is 44.1. The summed E-state index contributed by atoms with van der Waals surface area (Å²) in [5.74, 6) is -2.09. The molecule has 0 unspecified atom stereocenters. The second-order valence-electron chi connectivity index (χ2n) is 6.65. The first-order valence-corrected chi connectivity index (χ1v) is 10.6. The summed E-state index contributed by atoms with van der Waals surface area (Å²) in [6, 6.07) is 12.1. The molecule has 154 valence electrons. The van der Waals surface area contributed by atoms with Gasteiger partial charge in [0, 0.05) is 0 Å². The number of nitrogens with one attached hydrogen (secondary N) is 2. The molecule has 1 amide bonds. The van der Waals surface area contributed by atoms with E-state index in [4.69, 9.17) is 4.74 Å². The fraction of sp³-hybridized carbons (Fsp3) is 0.300. The number of sulfonamides is 1. The Balaban J connectivity index is 1.47. The van der Waals surface area contributed by atoms with Crippen LogP contribution in [0.3, 0.4) is 0 Å². The van der Waals surface area contributed by atoms with Gasteiger partial charge in [-0.15, -0.1) is 0 Å². The third-order valence-corrected chi connectivity index (χ3v) is 5.98. The van der Waals surface area contributed by atoms with E-state index in [1.54, 1.807) is 0 Å². The summed E-state index contributed by atoms with van der Waals surface area (Å²) in [5.41, 5.74) is 2.24. The molecule has 2 aromatic rings. The summed E-state index contributed by atoms with van der Waals surface area (Å²) in [6.07, 6.45) is 2.71. The molecule has 0 spiro atoms. The number of hydrogen-bond acceptors (Lipinski definition) is 5. The van der Waals surface area contributed by atoms with Crippen LogP contribution in [0.15, 0.2) is 53.4 Å². The average Bonchev–Trinajstić information content (AvgIpc) is 2.71. The van der Waals surface area contributed by atoms with E-state index in [1.165, 1.54) is 17.7 Å². The molecule has 1 aliphatic carbocycles. The third kappa shape index (κ3) is 5.61. The Kier molecular flexibility index (Phi) is 6.60. The van der Waals surface area contributed by atoms with Crippen LogP contribution in [0.5, 0.6) is 0 Å². The van der Waals surface area contributed by atoms with Crippen molar-refractivity contribution in [2.75, 3.05) is 13.2 Å². The van der Waals surface area contributed by atoms with Gasteiger partial charge in [-0.2, -0.15) is 4.72 Å². The quantitative estimate of drug-likeness (QED) is 0.666. The summed E-state index contributed by atoms with van der Waals surface area (Å²) in [7, 11) is -4.06. The van der Waals surface area contributed by atoms with Gasteiger partial charge >= 0.3 is 5.97 Å². The topological polar surface area (TPSA) is 102 Å². The van der Waals surface area contributed by atoms with Gasteiger partial charge in [0.2, 0.25) is 10.0 Å². The van der Waals surface area contributed by atoms with Crippen molar-refractivity contribution in [3.63, 3.8) is 0 Å². The first-order chi connectivity index (χ1) is 13.8. The molecule has 0 bridgehead atoms. The van der Waals surface area contributed by atoms with Crippen LogP contribution < -0.4 is 10.0 Å². The third-order valence-electron chi connectivity index (χ3n) is 4.58. The Morgan fingerprint density at radius 3 is 2.72 bits per heavy atom. The number of amides is 1. The highest BCUT2D eigenvalue weighted by Gasteiger charge is 2.22. The highest BCUT2D eigenvalue weighted by molar-refractivity contribution is 7.89. The molecule has 2 aromatic carbocycles. The molecule has 0 fully saturated rings. The predicted molar refractivity (Wildman–Crippen MR) is 103 cm³/mol. The Hall–Kier alpha value is -2.78. The Labute approximate surface area is 168 Å². The van der Waals surface area contributed by atoms with E-state index < -0.39 is 40.9 Å². The fourth-order valence-corrected chi connectivity index (χ4v) is 4.21. The lowest BCUT2D eigenvalue weighted by molar-refractivity contribution is -0.147. The van der Waals surface area contributed by atoms with E-state index in [2.05, 4.69) is 5.32 Å². The summed E-state index contributed by atoms with van der Waals surface area (Å²) in [6.45, 7) is -1.18. The monoisotopic (exact) mass is 420 g/mol. The van der Waals surface area contributed by atoms with Gasteiger partial charge in [0.1, 0.15) is 12.4 Å². The van der Waals surface area contributed by atoms with Gasteiger partial charge in [-0.25, -0.2) is 12.8 Å². The van der Waals surface area contributed by atoms with Crippen molar-refractivity contribution in [1.82, 2.24) is 10.0 Å². The Morgan fingerprint density at radius 1 is 1.14 bits per heavy atom. The van der Waals surface area contributed by atoms with Crippen LogP contribution in [0.25, 0.3) is 0 Å². The zero-order valence-electron chi connectivity index (χ0n) is 15.6. The average molecular weight is 420 g/mol. The van der Waals surface area contributed by atoms with Crippen LogP contribution in [-0.4, -0.2) is 33.4 Å². The number of carbonyl (C=O) groups excluding carboxylic acids is 2. The van der Waals surface area contributed by atoms with Crippen LogP contribution >= 0.6 is 0 Å². The summed E-state index contributed by atoms with van der Waals surface area (Å²) >= 11 is 0. The van der Waals surface area contributed by atoms with Crippen LogP contribution in [0, 0.1) is 5.82 Å². The van der Waals surface area contributed by atoms with E-state index in [1.807, 2.05) is 29.0 Å². The molecule has 0 aromatic heterocycles. The highest BCUT2D eigenvalue weighted by atomic mass is 32.2. The minimum atomic E-state index is -4.06. The van der Waals surface area contributed by atoms with Crippen molar-refractivity contribution in [1.29, 1.82) is 0 Å². The number of hydrogen-bond donors (Lipinski definition) is 2. The standard InChI is InChI=1S/C20H21FN2O5S/c21-15-7-4-8-16(11-15)29(26,27)22-12-20(25)28-13-19(24)23-18-10-3-6-14-5-1-2-9-17(14)18/h1-2,4-5,7-9,11,18,22H,3,6,10,12-13H2,(H,23,24)/t18-/m0/s1. The van der Waals surface area contributed by atoms with E-state index in [-0.39, 0.29) is 10.9 Å².